The van der Waals surface area contributed by atoms with Crippen LogP contribution in [0.25, 0.3) is 0 Å². The second-order valence-electron chi connectivity index (χ2n) is 4.34. The molecule has 1 aromatic carbocycles. The van der Waals surface area contributed by atoms with Gasteiger partial charge in [0.1, 0.15) is 5.75 Å². The Morgan fingerprint density at radius 2 is 2.35 bits per heavy atom. The number of aryl methyl sites for hydroxylation is 1. The maximum Gasteiger partial charge on any atom is 0.251 e. The molecule has 1 aliphatic rings. The summed E-state index contributed by atoms with van der Waals surface area (Å²) in [5, 5.41) is 6.26. The van der Waals surface area contributed by atoms with E-state index in [9.17, 15) is 4.79 Å². The van der Waals surface area contributed by atoms with E-state index >= 15 is 0 Å². The van der Waals surface area contributed by atoms with Crippen LogP contribution in [0.3, 0.4) is 0 Å². The number of carbonyl (C=O) groups is 1. The smallest absolute Gasteiger partial charge is 0.251 e. The van der Waals surface area contributed by atoms with Crippen LogP contribution >= 0.6 is 0 Å². The summed E-state index contributed by atoms with van der Waals surface area (Å²) < 4.78 is 5.12. The average Bonchev–Trinajstić information content (AvgIpc) is 2.81. The van der Waals surface area contributed by atoms with E-state index in [0.717, 1.165) is 36.4 Å². The Morgan fingerprint density at radius 3 is 2.94 bits per heavy atom. The molecule has 0 unspecified atom stereocenters. The lowest BCUT2D eigenvalue weighted by Crippen LogP contribution is -2.36. The van der Waals surface area contributed by atoms with E-state index in [1.54, 1.807) is 7.11 Å². The lowest BCUT2D eigenvalue weighted by Gasteiger charge is -2.13. The van der Waals surface area contributed by atoms with Crippen LogP contribution in [0.15, 0.2) is 18.2 Å². The van der Waals surface area contributed by atoms with Crippen LogP contribution in [0.1, 0.15) is 22.3 Å². The fourth-order valence-electron chi connectivity index (χ4n) is 2.06. The molecule has 1 fully saturated rings. The Morgan fingerprint density at radius 1 is 1.53 bits per heavy atom. The van der Waals surface area contributed by atoms with Crippen molar-refractivity contribution in [3.05, 3.63) is 29.3 Å². The number of hydrogen-bond acceptors (Lipinski definition) is 3. The Labute approximate surface area is 101 Å². The van der Waals surface area contributed by atoms with Crippen LogP contribution in [-0.4, -0.2) is 32.1 Å². The molecule has 0 aromatic heterocycles. The zero-order chi connectivity index (χ0) is 12.3. The topological polar surface area (TPSA) is 50.4 Å². The van der Waals surface area contributed by atoms with Crippen molar-refractivity contribution in [3.8, 4) is 5.75 Å². The Balaban J connectivity index is 2.07. The summed E-state index contributed by atoms with van der Waals surface area (Å²) >= 11 is 0. The van der Waals surface area contributed by atoms with Crippen LogP contribution < -0.4 is 15.4 Å². The van der Waals surface area contributed by atoms with Crippen molar-refractivity contribution in [3.63, 3.8) is 0 Å². The lowest BCUT2D eigenvalue weighted by atomic mass is 10.1. The number of methoxy groups -OCH3 is 1. The van der Waals surface area contributed by atoms with Gasteiger partial charge >= 0.3 is 0 Å². The van der Waals surface area contributed by atoms with Gasteiger partial charge in [-0.3, -0.25) is 4.79 Å². The average molecular weight is 234 g/mol. The SMILES string of the molecule is COc1ccc(C(=O)N[C@@H]2CCNC2)c(C)c1. The van der Waals surface area contributed by atoms with Gasteiger partial charge in [-0.2, -0.15) is 0 Å². The summed E-state index contributed by atoms with van der Waals surface area (Å²) in [5.41, 5.74) is 1.66. The van der Waals surface area contributed by atoms with Gasteiger partial charge < -0.3 is 15.4 Å². The number of ether oxygens (including phenoxy) is 1. The molecule has 0 saturated carbocycles. The van der Waals surface area contributed by atoms with Crippen molar-refractivity contribution in [2.75, 3.05) is 20.2 Å². The van der Waals surface area contributed by atoms with Gasteiger partial charge in [0.05, 0.1) is 7.11 Å². The van der Waals surface area contributed by atoms with Gasteiger partial charge in [-0.15, -0.1) is 0 Å². The molecule has 2 rings (SSSR count). The standard InChI is InChI=1S/C13H18N2O2/c1-9-7-11(17-2)3-4-12(9)13(16)15-10-5-6-14-8-10/h3-4,7,10,14H,5-6,8H2,1-2H3,(H,15,16)/t10-/m1/s1. The summed E-state index contributed by atoms with van der Waals surface area (Å²) in [7, 11) is 1.62. The van der Waals surface area contributed by atoms with E-state index < -0.39 is 0 Å². The fraction of sp³-hybridized carbons (Fsp3) is 0.462. The maximum atomic E-state index is 12.0. The van der Waals surface area contributed by atoms with Crippen molar-refractivity contribution >= 4 is 5.91 Å². The lowest BCUT2D eigenvalue weighted by molar-refractivity contribution is 0.0939. The molecule has 0 spiro atoms. The third-order valence-corrected chi connectivity index (χ3v) is 3.07. The Bertz CT molecular complexity index is 412. The molecule has 0 bridgehead atoms. The van der Waals surface area contributed by atoms with Gasteiger partial charge in [-0.1, -0.05) is 0 Å². The first kappa shape index (κ1) is 11.9. The second-order valence-corrected chi connectivity index (χ2v) is 4.34. The molecule has 0 aliphatic carbocycles. The molecular formula is C13H18N2O2. The minimum absolute atomic E-state index is 0.00106. The quantitative estimate of drug-likeness (QED) is 0.823. The van der Waals surface area contributed by atoms with Crippen molar-refractivity contribution in [1.29, 1.82) is 0 Å². The monoisotopic (exact) mass is 234 g/mol. The highest BCUT2D eigenvalue weighted by molar-refractivity contribution is 5.96. The predicted molar refractivity (Wildman–Crippen MR) is 66.5 cm³/mol. The highest BCUT2D eigenvalue weighted by Gasteiger charge is 2.18. The molecule has 1 heterocycles. The van der Waals surface area contributed by atoms with Gasteiger partial charge in [0, 0.05) is 18.2 Å². The van der Waals surface area contributed by atoms with Crippen LogP contribution in [0.2, 0.25) is 0 Å². The van der Waals surface area contributed by atoms with Gasteiger partial charge in [-0.25, -0.2) is 0 Å². The molecule has 1 aromatic rings. The van der Waals surface area contributed by atoms with Gasteiger partial charge in [0.2, 0.25) is 0 Å². The summed E-state index contributed by atoms with van der Waals surface area (Å²) in [6, 6.07) is 5.76. The number of rotatable bonds is 3. The van der Waals surface area contributed by atoms with Crippen molar-refractivity contribution in [2.24, 2.45) is 0 Å². The summed E-state index contributed by atoms with van der Waals surface area (Å²) in [6.45, 7) is 3.76. The minimum Gasteiger partial charge on any atom is -0.497 e. The highest BCUT2D eigenvalue weighted by atomic mass is 16.5. The first-order chi connectivity index (χ1) is 8.20. The summed E-state index contributed by atoms with van der Waals surface area (Å²) in [5.74, 6) is 0.778. The van der Waals surface area contributed by atoms with Crippen molar-refractivity contribution in [2.45, 2.75) is 19.4 Å². The fourth-order valence-corrected chi connectivity index (χ4v) is 2.06. The van der Waals surface area contributed by atoms with Crippen molar-refractivity contribution < 1.29 is 9.53 Å². The molecule has 4 nitrogen and oxygen atoms in total. The molecule has 4 heteroatoms. The maximum absolute atomic E-state index is 12.0. The van der Waals surface area contributed by atoms with Crippen LogP contribution in [0.4, 0.5) is 0 Å². The molecular weight excluding hydrogens is 216 g/mol. The summed E-state index contributed by atoms with van der Waals surface area (Å²) in [4.78, 5) is 12.0. The van der Waals surface area contributed by atoms with E-state index in [4.69, 9.17) is 4.74 Å². The molecule has 1 saturated heterocycles. The zero-order valence-electron chi connectivity index (χ0n) is 10.2. The minimum atomic E-state index is -0.00106. The highest BCUT2D eigenvalue weighted by Crippen LogP contribution is 2.17. The molecule has 1 aliphatic heterocycles. The third kappa shape index (κ3) is 2.77. The molecule has 1 atom stereocenters. The first-order valence-corrected chi connectivity index (χ1v) is 5.87. The first-order valence-electron chi connectivity index (χ1n) is 5.87. The molecule has 0 radical (unpaired) electrons. The van der Waals surface area contributed by atoms with Crippen LogP contribution in [0.5, 0.6) is 5.75 Å². The van der Waals surface area contributed by atoms with E-state index in [2.05, 4.69) is 10.6 Å². The van der Waals surface area contributed by atoms with E-state index in [1.165, 1.54) is 0 Å². The largest absolute Gasteiger partial charge is 0.497 e. The number of benzene rings is 1. The third-order valence-electron chi connectivity index (χ3n) is 3.07. The normalized spacial score (nSPS) is 19.1. The molecule has 17 heavy (non-hydrogen) atoms. The van der Waals surface area contributed by atoms with Gasteiger partial charge in [0.15, 0.2) is 0 Å². The van der Waals surface area contributed by atoms with Gasteiger partial charge in [-0.05, 0) is 43.7 Å². The number of amides is 1. The number of hydrogen-bond donors (Lipinski definition) is 2. The van der Waals surface area contributed by atoms with Gasteiger partial charge in [0.25, 0.3) is 5.91 Å². The molecule has 92 valence electrons. The Hall–Kier alpha value is -1.55. The molecule has 2 N–H and O–H groups in total. The zero-order valence-corrected chi connectivity index (χ0v) is 10.2. The number of nitrogens with one attached hydrogen (secondary N) is 2. The predicted octanol–water partition coefficient (Wildman–Crippen LogP) is 1.10. The van der Waals surface area contributed by atoms with Crippen LogP contribution in [-0.2, 0) is 0 Å². The van der Waals surface area contributed by atoms with E-state index in [1.807, 2.05) is 25.1 Å². The molecule has 1 amide bonds. The van der Waals surface area contributed by atoms with E-state index in [-0.39, 0.29) is 11.9 Å². The van der Waals surface area contributed by atoms with Crippen LogP contribution in [0, 0.1) is 6.92 Å². The summed E-state index contributed by atoms with van der Waals surface area (Å²) in [6.07, 6.45) is 1.00. The van der Waals surface area contributed by atoms with E-state index in [0.29, 0.717) is 0 Å². The Kier molecular flexibility index (Phi) is 3.64. The van der Waals surface area contributed by atoms with Crippen molar-refractivity contribution in [1.82, 2.24) is 10.6 Å². The number of carbonyl (C=O) groups excluding carboxylic acids is 1. The second kappa shape index (κ2) is 5.19.